The molecule has 0 bridgehead atoms. The summed E-state index contributed by atoms with van der Waals surface area (Å²) in [5.74, 6) is -0.0774. The Labute approximate surface area is 138 Å². The van der Waals surface area contributed by atoms with Crippen LogP contribution in [0.4, 0.5) is 4.39 Å². The molecule has 1 aromatic rings. The predicted octanol–water partition coefficient (Wildman–Crippen LogP) is 2.22. The molecule has 1 atom stereocenters. The highest BCUT2D eigenvalue weighted by atomic mass is 35.5. The Bertz CT molecular complexity index is 479. The van der Waals surface area contributed by atoms with Crippen LogP contribution < -0.4 is 10.1 Å². The van der Waals surface area contributed by atoms with E-state index in [1.165, 1.54) is 7.11 Å². The molecule has 0 amide bonds. The van der Waals surface area contributed by atoms with Gasteiger partial charge in [0.25, 0.3) is 0 Å². The first-order valence-corrected chi connectivity index (χ1v) is 7.39. The van der Waals surface area contributed by atoms with Gasteiger partial charge in [-0.05, 0) is 6.07 Å². The van der Waals surface area contributed by atoms with Gasteiger partial charge in [-0.15, -0.1) is 12.4 Å². The molecule has 2 N–H and O–H groups in total. The van der Waals surface area contributed by atoms with Crippen LogP contribution in [0.3, 0.4) is 0 Å². The van der Waals surface area contributed by atoms with Crippen molar-refractivity contribution in [3.05, 3.63) is 29.6 Å². The van der Waals surface area contributed by atoms with Gasteiger partial charge in [0.15, 0.2) is 11.6 Å². The second-order valence-electron chi connectivity index (χ2n) is 6.20. The van der Waals surface area contributed by atoms with E-state index in [4.69, 9.17) is 4.74 Å². The molecule has 1 saturated heterocycles. The Morgan fingerprint density at radius 1 is 1.36 bits per heavy atom. The Morgan fingerprint density at radius 3 is 2.55 bits per heavy atom. The van der Waals surface area contributed by atoms with Crippen LogP contribution in [0.15, 0.2) is 18.2 Å². The number of aliphatic hydroxyl groups excluding tert-OH is 1. The standard InChI is InChI=1S/C16H25FN2O2.ClH/c1-16(2,11-20)15(19-9-7-18-8-10-19)12-5-4-6-13(21-3)14(12)17;/h4-6,15,18,20H,7-11H2,1-3H3;1H/t15-;/m0./s1. The van der Waals surface area contributed by atoms with Gasteiger partial charge in [-0.25, -0.2) is 4.39 Å². The molecule has 1 aromatic carbocycles. The van der Waals surface area contributed by atoms with Gasteiger partial charge in [0.05, 0.1) is 7.11 Å². The normalized spacial score (nSPS) is 17.7. The lowest BCUT2D eigenvalue weighted by molar-refractivity contribution is 0.0284. The van der Waals surface area contributed by atoms with E-state index in [0.29, 0.717) is 5.56 Å². The lowest BCUT2D eigenvalue weighted by Gasteiger charge is -2.43. The number of hydrogen-bond acceptors (Lipinski definition) is 4. The molecular weight excluding hydrogens is 307 g/mol. The first kappa shape index (κ1) is 19.2. The molecular formula is C16H26ClFN2O2. The van der Waals surface area contributed by atoms with Crippen molar-refractivity contribution in [3.63, 3.8) is 0 Å². The highest BCUT2D eigenvalue weighted by molar-refractivity contribution is 5.85. The smallest absolute Gasteiger partial charge is 0.169 e. The molecule has 0 spiro atoms. The van der Waals surface area contributed by atoms with Gasteiger partial charge in [-0.2, -0.15) is 0 Å². The van der Waals surface area contributed by atoms with E-state index >= 15 is 0 Å². The number of benzene rings is 1. The van der Waals surface area contributed by atoms with Crippen LogP contribution in [0.5, 0.6) is 5.75 Å². The number of methoxy groups -OCH3 is 1. The van der Waals surface area contributed by atoms with Crippen molar-refractivity contribution in [2.24, 2.45) is 5.41 Å². The summed E-state index contributed by atoms with van der Waals surface area (Å²) in [6.45, 7) is 7.37. The van der Waals surface area contributed by atoms with Crippen molar-refractivity contribution in [2.45, 2.75) is 19.9 Å². The summed E-state index contributed by atoms with van der Waals surface area (Å²) in [6, 6.07) is 5.04. The van der Waals surface area contributed by atoms with E-state index in [9.17, 15) is 9.50 Å². The van der Waals surface area contributed by atoms with Crippen molar-refractivity contribution in [2.75, 3.05) is 39.9 Å². The van der Waals surface area contributed by atoms with Crippen molar-refractivity contribution in [1.29, 1.82) is 0 Å². The number of piperazine rings is 1. The molecule has 2 rings (SSSR count). The summed E-state index contributed by atoms with van der Waals surface area (Å²) < 4.78 is 19.8. The molecule has 126 valence electrons. The lowest BCUT2D eigenvalue weighted by atomic mass is 9.79. The minimum absolute atomic E-state index is 0. The SMILES string of the molecule is COc1cccc([C@H](N2CCNCC2)C(C)(C)CO)c1F.Cl. The maximum Gasteiger partial charge on any atom is 0.169 e. The third-order valence-electron chi connectivity index (χ3n) is 4.17. The second-order valence-corrected chi connectivity index (χ2v) is 6.20. The van der Waals surface area contributed by atoms with E-state index in [1.807, 2.05) is 13.8 Å². The van der Waals surface area contributed by atoms with Gasteiger partial charge in [-0.3, -0.25) is 4.90 Å². The molecule has 0 radical (unpaired) electrons. The monoisotopic (exact) mass is 332 g/mol. The third kappa shape index (κ3) is 3.90. The number of nitrogens with one attached hydrogen (secondary N) is 1. The van der Waals surface area contributed by atoms with E-state index < -0.39 is 5.41 Å². The average Bonchev–Trinajstić information content (AvgIpc) is 2.50. The summed E-state index contributed by atoms with van der Waals surface area (Å²) in [7, 11) is 1.47. The van der Waals surface area contributed by atoms with E-state index in [2.05, 4.69) is 10.2 Å². The van der Waals surface area contributed by atoms with Crippen LogP contribution in [0.1, 0.15) is 25.5 Å². The molecule has 6 heteroatoms. The fourth-order valence-electron chi connectivity index (χ4n) is 3.04. The molecule has 1 aliphatic rings. The zero-order valence-electron chi connectivity index (χ0n) is 13.4. The number of hydrogen-bond donors (Lipinski definition) is 2. The third-order valence-corrected chi connectivity index (χ3v) is 4.17. The van der Waals surface area contributed by atoms with Crippen LogP contribution in [-0.2, 0) is 0 Å². The number of aliphatic hydroxyl groups is 1. The highest BCUT2D eigenvalue weighted by Gasteiger charge is 2.37. The van der Waals surface area contributed by atoms with Crippen LogP contribution in [0.2, 0.25) is 0 Å². The fraction of sp³-hybridized carbons (Fsp3) is 0.625. The van der Waals surface area contributed by atoms with Gasteiger partial charge in [0.2, 0.25) is 0 Å². The summed E-state index contributed by atoms with van der Waals surface area (Å²) in [5, 5.41) is 13.1. The molecule has 0 aliphatic carbocycles. The van der Waals surface area contributed by atoms with Gasteiger partial charge < -0.3 is 15.2 Å². The topological polar surface area (TPSA) is 44.7 Å². The zero-order valence-corrected chi connectivity index (χ0v) is 14.3. The Balaban J connectivity index is 0.00000242. The summed E-state index contributed by atoms with van der Waals surface area (Å²) in [4.78, 5) is 2.24. The molecule has 1 aliphatic heterocycles. The second kappa shape index (κ2) is 8.11. The first-order chi connectivity index (χ1) is 10.0. The van der Waals surface area contributed by atoms with Gasteiger partial charge in [0.1, 0.15) is 0 Å². The summed E-state index contributed by atoms with van der Waals surface area (Å²) >= 11 is 0. The van der Waals surface area contributed by atoms with E-state index in [0.717, 1.165) is 26.2 Å². The van der Waals surface area contributed by atoms with Crippen LogP contribution >= 0.6 is 12.4 Å². The Kier molecular flexibility index (Phi) is 7.06. The number of ether oxygens (including phenoxy) is 1. The molecule has 1 heterocycles. The molecule has 22 heavy (non-hydrogen) atoms. The summed E-state index contributed by atoms with van der Waals surface area (Å²) in [6.07, 6.45) is 0. The van der Waals surface area contributed by atoms with Crippen molar-refractivity contribution in [3.8, 4) is 5.75 Å². The van der Waals surface area contributed by atoms with E-state index in [-0.39, 0.29) is 36.6 Å². The van der Waals surface area contributed by atoms with Crippen LogP contribution in [0.25, 0.3) is 0 Å². The largest absolute Gasteiger partial charge is 0.494 e. The Morgan fingerprint density at radius 2 is 2.00 bits per heavy atom. The molecule has 1 fully saturated rings. The molecule has 0 unspecified atom stereocenters. The zero-order chi connectivity index (χ0) is 15.5. The van der Waals surface area contributed by atoms with Crippen LogP contribution in [0, 0.1) is 11.2 Å². The number of nitrogens with zero attached hydrogens (tertiary/aromatic N) is 1. The van der Waals surface area contributed by atoms with Gasteiger partial charge in [-0.1, -0.05) is 26.0 Å². The number of halogens is 2. The molecule has 4 nitrogen and oxygen atoms in total. The Hall–Kier alpha value is -0.880. The molecule has 0 saturated carbocycles. The fourth-order valence-corrected chi connectivity index (χ4v) is 3.04. The minimum Gasteiger partial charge on any atom is -0.494 e. The lowest BCUT2D eigenvalue weighted by Crippen LogP contribution is -2.49. The first-order valence-electron chi connectivity index (χ1n) is 7.39. The minimum atomic E-state index is -0.440. The highest BCUT2D eigenvalue weighted by Crippen LogP contribution is 2.40. The van der Waals surface area contributed by atoms with Crippen molar-refractivity contribution >= 4 is 12.4 Å². The van der Waals surface area contributed by atoms with Crippen LogP contribution in [-0.4, -0.2) is 49.9 Å². The summed E-state index contributed by atoms with van der Waals surface area (Å²) in [5.41, 5.74) is 0.153. The van der Waals surface area contributed by atoms with Gasteiger partial charge in [0, 0.05) is 49.8 Å². The number of rotatable bonds is 5. The van der Waals surface area contributed by atoms with Gasteiger partial charge >= 0.3 is 0 Å². The van der Waals surface area contributed by atoms with Crippen molar-refractivity contribution < 1.29 is 14.2 Å². The predicted molar refractivity (Wildman–Crippen MR) is 88.3 cm³/mol. The van der Waals surface area contributed by atoms with Crippen molar-refractivity contribution in [1.82, 2.24) is 10.2 Å². The van der Waals surface area contributed by atoms with E-state index in [1.54, 1.807) is 18.2 Å². The maximum absolute atomic E-state index is 14.7. The quantitative estimate of drug-likeness (QED) is 0.868. The molecule has 0 aromatic heterocycles. The maximum atomic E-state index is 14.7. The average molecular weight is 333 g/mol.